The average molecular weight is 1210 g/mol. The summed E-state index contributed by atoms with van der Waals surface area (Å²) in [5, 5.41) is 4.10. The molecule has 0 unspecified atom stereocenters. The summed E-state index contributed by atoms with van der Waals surface area (Å²) in [6.45, 7) is 13.8. The molecule has 0 aliphatic carbocycles. The van der Waals surface area contributed by atoms with Gasteiger partial charge < -0.3 is 9.97 Å². The van der Waals surface area contributed by atoms with E-state index in [1.165, 1.54) is 183 Å². The Morgan fingerprint density at radius 2 is 0.500 bits per heavy atom. The highest BCUT2D eigenvalue weighted by molar-refractivity contribution is 8.03. The monoisotopic (exact) mass is 1210 g/mol. The van der Waals surface area contributed by atoms with E-state index in [2.05, 4.69) is 112 Å². The Morgan fingerprint density at radius 3 is 0.744 bits per heavy atom. The van der Waals surface area contributed by atoms with Gasteiger partial charge in [0.25, 0.3) is 0 Å². The second kappa shape index (κ2) is 33.3. The molecule has 2 N–H and O–H groups in total. The quantitative estimate of drug-likeness (QED) is 0.0288. The fourth-order valence-electron chi connectivity index (χ4n) is 10.7. The number of fused-ring (bicyclic) bond motifs is 20. The Balaban J connectivity index is 1.30. The minimum Gasteiger partial charge on any atom is -0.324 e. The van der Waals surface area contributed by atoms with Crippen LogP contribution in [0.15, 0.2) is 90.0 Å². The minimum absolute atomic E-state index is 0.664. The normalized spacial score (nSPS) is 12.1. The molecular weight excluding hydrogens is 1120 g/mol. The van der Waals surface area contributed by atoms with Gasteiger partial charge in [0.2, 0.25) is 0 Å². The molecule has 3 aromatic heterocycles. The van der Waals surface area contributed by atoms with Crippen molar-refractivity contribution in [3.8, 4) is 45.6 Å². The first-order valence-electron chi connectivity index (χ1n) is 31.7. The maximum atomic E-state index is 5.68. The highest BCUT2D eigenvalue weighted by atomic mass is 32.2. The van der Waals surface area contributed by atoms with E-state index in [1.54, 1.807) is 0 Å². The standard InChI is InChI=1S/C68H90N8S6/c1-7-13-19-27-35-77-55-41-49-51(43-57(55)79-37-29-21-15-9-3)65-72-63(49)70-61-47-33-25-26-34-48(47)62(69-61)71-64-50-42-56(78-36-28-20-14-8-2)58(80-38-30-22-16-10-4)44-52(50)66(73-64)75-68-54-46-60(82-40-32-24-18-12-6)59(81-39-31-23-17-11-5)45-53(54)67(74-65)76-68/h25-26,33-34,41-46H,7-24,27-32,35-40H2,1-6H3,(H2,69,70,71,72,73,74,75,76). The van der Waals surface area contributed by atoms with Crippen LogP contribution in [-0.4, -0.2) is 74.4 Å². The van der Waals surface area contributed by atoms with E-state index in [0.717, 1.165) is 101 Å². The average Bonchev–Trinajstić information content (AvgIpc) is 4.29. The second-order valence-electron chi connectivity index (χ2n) is 22.1. The van der Waals surface area contributed by atoms with Crippen molar-refractivity contribution in [2.45, 2.75) is 225 Å². The number of aromatic nitrogens is 8. The molecule has 2 aliphatic rings. The van der Waals surface area contributed by atoms with Gasteiger partial charge in [-0.1, -0.05) is 181 Å². The molecule has 0 atom stereocenters. The first kappa shape index (κ1) is 62.9. The number of H-pyrrole nitrogens is 2. The fraction of sp³-hybridized carbons (Fsp3) is 0.529. The molecule has 8 bridgehead atoms. The molecule has 14 heteroatoms. The number of hydrogen-bond donors (Lipinski definition) is 2. The summed E-state index contributed by atoms with van der Waals surface area (Å²) in [5.74, 6) is 9.19. The maximum Gasteiger partial charge on any atom is 0.164 e. The van der Waals surface area contributed by atoms with E-state index in [-0.39, 0.29) is 0 Å². The second-order valence-corrected chi connectivity index (χ2v) is 29.0. The molecule has 5 heterocycles. The number of benzene rings is 4. The Morgan fingerprint density at radius 1 is 0.268 bits per heavy atom. The van der Waals surface area contributed by atoms with Crippen molar-refractivity contribution < 1.29 is 0 Å². The molecule has 7 aromatic rings. The molecule has 438 valence electrons. The van der Waals surface area contributed by atoms with E-state index in [1.807, 2.05) is 70.6 Å². The zero-order chi connectivity index (χ0) is 56.9. The van der Waals surface area contributed by atoms with Crippen molar-refractivity contribution in [2.75, 3.05) is 34.5 Å². The highest BCUT2D eigenvalue weighted by Crippen LogP contribution is 2.46. The first-order valence-corrected chi connectivity index (χ1v) is 37.6. The lowest BCUT2D eigenvalue weighted by Gasteiger charge is -2.12. The van der Waals surface area contributed by atoms with Crippen molar-refractivity contribution in [3.63, 3.8) is 0 Å². The van der Waals surface area contributed by atoms with E-state index < -0.39 is 0 Å². The number of unbranched alkanes of at least 4 members (excludes halogenated alkanes) is 18. The summed E-state index contributed by atoms with van der Waals surface area (Å²) in [4.78, 5) is 48.9. The lowest BCUT2D eigenvalue weighted by atomic mass is 10.1. The molecule has 82 heavy (non-hydrogen) atoms. The molecule has 4 aromatic carbocycles. The Bertz CT molecular complexity index is 3140. The van der Waals surface area contributed by atoms with Crippen LogP contribution in [0.5, 0.6) is 0 Å². The van der Waals surface area contributed by atoms with Gasteiger partial charge in [0.05, 0.1) is 0 Å². The lowest BCUT2D eigenvalue weighted by molar-refractivity contribution is 0.706. The highest BCUT2D eigenvalue weighted by Gasteiger charge is 2.26. The van der Waals surface area contributed by atoms with Gasteiger partial charge in [-0.3, -0.25) is 0 Å². The molecule has 0 saturated carbocycles. The van der Waals surface area contributed by atoms with E-state index >= 15 is 0 Å². The topological polar surface area (TPSA) is 109 Å². The molecule has 9 rings (SSSR count). The van der Waals surface area contributed by atoms with Crippen LogP contribution in [0.2, 0.25) is 0 Å². The largest absolute Gasteiger partial charge is 0.324 e. The van der Waals surface area contributed by atoms with Crippen molar-refractivity contribution in [3.05, 3.63) is 60.7 Å². The van der Waals surface area contributed by atoms with Crippen LogP contribution in [-0.2, 0) is 0 Å². The molecule has 0 amide bonds. The van der Waals surface area contributed by atoms with Gasteiger partial charge in [-0.2, -0.15) is 0 Å². The van der Waals surface area contributed by atoms with Crippen LogP contribution in [0.1, 0.15) is 196 Å². The Labute approximate surface area is 516 Å². The molecule has 8 nitrogen and oxygen atoms in total. The predicted molar refractivity (Wildman–Crippen MR) is 365 cm³/mol. The van der Waals surface area contributed by atoms with Crippen LogP contribution in [0.3, 0.4) is 0 Å². The molecule has 2 aliphatic heterocycles. The van der Waals surface area contributed by atoms with E-state index in [0.29, 0.717) is 23.3 Å². The molecular formula is C68H90N8S6. The number of rotatable bonds is 36. The minimum atomic E-state index is 0.664. The third kappa shape index (κ3) is 16.6. The van der Waals surface area contributed by atoms with Crippen LogP contribution in [0.4, 0.5) is 0 Å². The van der Waals surface area contributed by atoms with Gasteiger partial charge in [-0.05, 0) is 109 Å². The van der Waals surface area contributed by atoms with Crippen molar-refractivity contribution in [2.24, 2.45) is 0 Å². The molecule has 0 fully saturated rings. The van der Waals surface area contributed by atoms with Gasteiger partial charge in [-0.15, -0.1) is 70.6 Å². The van der Waals surface area contributed by atoms with Crippen LogP contribution >= 0.6 is 70.6 Å². The summed E-state index contributed by atoms with van der Waals surface area (Å²) in [6.07, 6.45) is 29.8. The smallest absolute Gasteiger partial charge is 0.164 e. The zero-order valence-corrected chi connectivity index (χ0v) is 55.0. The Kier molecular flexibility index (Phi) is 25.5. The summed E-state index contributed by atoms with van der Waals surface area (Å²) in [7, 11) is 0. The summed E-state index contributed by atoms with van der Waals surface area (Å²) in [5.41, 5.74) is 7.07. The van der Waals surface area contributed by atoms with Crippen molar-refractivity contribution in [1.29, 1.82) is 0 Å². The molecule has 0 spiro atoms. The molecule has 0 radical (unpaired) electrons. The third-order valence-corrected chi connectivity index (χ3v) is 22.7. The van der Waals surface area contributed by atoms with E-state index in [4.69, 9.17) is 29.9 Å². The summed E-state index contributed by atoms with van der Waals surface area (Å²) >= 11 is 12.0. The number of nitrogens with one attached hydrogen (secondary N) is 2. The van der Waals surface area contributed by atoms with Gasteiger partial charge in [0.1, 0.15) is 22.6 Å². The SMILES string of the molecule is CCCCCCSc1cc2c(cc1SCCCCCC)-c1nc-2nc2[nH]c(nc3nc(nc4[nH]c(n1)c1cc(SCCCCCC)c(SCCCCCC)cc41)-c1cc(SCCCCCC)c(SCCCCCC)cc1-3)c1ccccc21. The summed E-state index contributed by atoms with van der Waals surface area (Å²) in [6, 6.07) is 22.9. The number of hydrogen-bond acceptors (Lipinski definition) is 12. The number of thioether (sulfide) groups is 6. The van der Waals surface area contributed by atoms with Crippen LogP contribution in [0.25, 0.3) is 89.7 Å². The van der Waals surface area contributed by atoms with Crippen LogP contribution in [0, 0.1) is 0 Å². The Hall–Kier alpha value is -3.66. The first-order chi connectivity index (χ1) is 40.4. The lowest BCUT2D eigenvalue weighted by Crippen LogP contribution is -1.90. The van der Waals surface area contributed by atoms with Gasteiger partial charge in [-0.25, -0.2) is 29.9 Å². The number of aromatic amines is 2. The zero-order valence-electron chi connectivity index (χ0n) is 50.1. The summed E-state index contributed by atoms with van der Waals surface area (Å²) < 4.78 is 0. The molecule has 0 saturated heterocycles. The van der Waals surface area contributed by atoms with Gasteiger partial charge >= 0.3 is 0 Å². The van der Waals surface area contributed by atoms with Crippen molar-refractivity contribution in [1.82, 2.24) is 39.9 Å². The maximum absolute atomic E-state index is 5.68. The number of nitrogens with zero attached hydrogens (tertiary/aromatic N) is 6. The van der Waals surface area contributed by atoms with Gasteiger partial charge in [0.15, 0.2) is 23.3 Å². The van der Waals surface area contributed by atoms with E-state index in [9.17, 15) is 0 Å². The fourth-order valence-corrected chi connectivity index (χ4v) is 17.6. The third-order valence-electron chi connectivity index (χ3n) is 15.5. The van der Waals surface area contributed by atoms with Crippen molar-refractivity contribution >= 4 is 115 Å². The van der Waals surface area contributed by atoms with Crippen LogP contribution < -0.4 is 0 Å². The van der Waals surface area contributed by atoms with Gasteiger partial charge in [0, 0.05) is 73.2 Å². The predicted octanol–water partition coefficient (Wildman–Crippen LogP) is 22.9.